The predicted octanol–water partition coefficient (Wildman–Crippen LogP) is -6.47. The lowest BCUT2D eigenvalue weighted by Gasteiger charge is -2.42. The van der Waals surface area contributed by atoms with Crippen LogP contribution < -0.4 is 36.4 Å². The Morgan fingerprint density at radius 1 is 0.495 bits per heavy atom. The van der Waals surface area contributed by atoms with Gasteiger partial charge in [0.25, 0.3) is 0 Å². The molecule has 0 saturated carbocycles. The number of thiol groups is 1. The average Bonchev–Trinajstić information content (AvgIpc) is 0.837. The second-order valence-corrected chi connectivity index (χ2v) is 27.8. The molecule has 0 aliphatic carbocycles. The van der Waals surface area contributed by atoms with E-state index in [0.29, 0.717) is 5.56 Å². The first-order valence-electron chi connectivity index (χ1n) is 31.8. The van der Waals surface area contributed by atoms with Gasteiger partial charge in [0.05, 0.1) is 143 Å². The molecule has 17 unspecified atom stereocenters. The fraction of sp³-hybridized carbons (Fsp3) is 0.797. The minimum Gasteiger partial charge on any atom is -0.436 e. The molecule has 1 aromatic carbocycles. The number of nitrogens with one attached hydrogen (secondary N) is 6. The molecule has 36 nitrogen and oxygen atoms in total. The zero-order valence-electron chi connectivity index (χ0n) is 55.5. The van der Waals surface area contributed by atoms with E-state index in [0.717, 1.165) is 0 Å². The molecule has 0 aromatic heterocycles. The first kappa shape index (κ1) is 85.0. The largest absolute Gasteiger partial charge is 0.436 e. The minimum atomic E-state index is -3.46. The van der Waals surface area contributed by atoms with E-state index in [9.17, 15) is 79.3 Å². The Hall–Kier alpha value is -4.46. The normalized spacial score (nSPS) is 26.9. The Balaban J connectivity index is 1.35. The standard InChI is InChI=1S/C59H102N7O29PS/c1-35(70)63-46-52(78)49(75)41(32-67)92-56(46)89-26-23-86-20-17-83-14-11-60-44(73)30-66(31-45(74)61-12-15-84-18-21-87-24-27-90-57-47(64-36(2)71)53(79)50(76)42(33-68)93-57)40(29-38-7-9-39(10-8-38)95-96(82,97)59(4,5)6)55(81)62-13-16-85-19-22-88-25-28-91-58-48(65-37(3)72)54(80)51(77)43(34-69)94-58/h7-10,40-43,46-54,56-58,67-69,75-80H,11-34H2,1-6H3,(H,60,73)(H,61,74)(H,62,81)(H,63,70)(H,64,71)(H,65,72)(H,82,97). The molecule has 3 fully saturated rings. The summed E-state index contributed by atoms with van der Waals surface area (Å²) in [5.74, 6) is -3.05. The zero-order valence-corrected chi connectivity index (χ0v) is 57.3. The molecule has 0 radical (unpaired) electrons. The molecule has 558 valence electrons. The number of hydrogen-bond donors (Lipinski definition) is 16. The number of aliphatic hydroxyl groups excluding tert-OH is 9. The summed E-state index contributed by atoms with van der Waals surface area (Å²) in [4.78, 5) is 78.6. The molecule has 3 aliphatic rings. The average molecular weight is 1440 g/mol. The number of carbonyl (C=O) groups excluding carboxylic acids is 6. The highest BCUT2D eigenvalue weighted by molar-refractivity contribution is 8.46. The number of amides is 6. The third kappa shape index (κ3) is 29.9. The lowest BCUT2D eigenvalue weighted by molar-refractivity contribution is -0.272. The van der Waals surface area contributed by atoms with Gasteiger partial charge in [0, 0.05) is 40.4 Å². The highest BCUT2D eigenvalue weighted by Gasteiger charge is 2.48. The Kier molecular flexibility index (Phi) is 39.2. The molecule has 3 aliphatic heterocycles. The Labute approximate surface area is 568 Å². The number of benzene rings is 1. The minimum absolute atomic E-state index is 0.00181. The van der Waals surface area contributed by atoms with Gasteiger partial charge in [-0.05, 0) is 44.9 Å². The van der Waals surface area contributed by atoms with E-state index >= 15 is 0 Å². The van der Waals surface area contributed by atoms with Crippen LogP contribution in [-0.2, 0) is 96.6 Å². The van der Waals surface area contributed by atoms with Crippen LogP contribution in [-0.4, -0.2) is 341 Å². The van der Waals surface area contributed by atoms with Gasteiger partial charge < -0.3 is 139 Å². The van der Waals surface area contributed by atoms with Crippen molar-refractivity contribution in [1.29, 1.82) is 0 Å². The molecule has 1 aromatic rings. The maximum atomic E-state index is 14.4. The smallest absolute Gasteiger partial charge is 0.305 e. The van der Waals surface area contributed by atoms with Gasteiger partial charge in [-0.3, -0.25) is 38.2 Å². The molecular formula is C59H102N7O29PS. The first-order valence-corrected chi connectivity index (χ1v) is 34.6. The predicted molar refractivity (Wildman–Crippen MR) is 340 cm³/mol. The van der Waals surface area contributed by atoms with Gasteiger partial charge >= 0.3 is 6.57 Å². The number of ether oxygens (including phenoxy) is 12. The van der Waals surface area contributed by atoms with Crippen molar-refractivity contribution in [3.05, 3.63) is 29.8 Å². The molecule has 3 saturated heterocycles. The van der Waals surface area contributed by atoms with E-state index in [1.165, 1.54) is 25.7 Å². The van der Waals surface area contributed by atoms with Crippen molar-refractivity contribution >= 4 is 54.3 Å². The van der Waals surface area contributed by atoms with Crippen LogP contribution in [0.4, 0.5) is 0 Å². The monoisotopic (exact) mass is 1440 g/mol. The third-order valence-electron chi connectivity index (χ3n) is 14.9. The molecule has 0 spiro atoms. The van der Waals surface area contributed by atoms with E-state index in [2.05, 4.69) is 44.1 Å². The second-order valence-electron chi connectivity index (χ2n) is 23.6. The van der Waals surface area contributed by atoms with E-state index in [1.54, 1.807) is 45.0 Å². The van der Waals surface area contributed by atoms with Crippen LogP contribution in [0.2, 0.25) is 0 Å². The summed E-state index contributed by atoms with van der Waals surface area (Å²) in [6, 6.07) is 1.83. The number of nitrogens with zero attached hydrogens (tertiary/aromatic N) is 1. The van der Waals surface area contributed by atoms with Crippen molar-refractivity contribution in [2.75, 3.05) is 152 Å². The zero-order chi connectivity index (χ0) is 71.7. The highest BCUT2D eigenvalue weighted by Crippen LogP contribution is 2.62. The van der Waals surface area contributed by atoms with Crippen molar-refractivity contribution < 1.29 is 141 Å². The maximum absolute atomic E-state index is 14.4. The summed E-state index contributed by atoms with van der Waals surface area (Å²) in [6.45, 7) is 2.87. The maximum Gasteiger partial charge on any atom is 0.305 e. The first-order chi connectivity index (χ1) is 46.1. The molecule has 15 N–H and O–H groups in total. The van der Waals surface area contributed by atoms with Gasteiger partial charge in [0.1, 0.15) is 78.8 Å². The molecule has 0 bridgehead atoms. The lowest BCUT2D eigenvalue weighted by Crippen LogP contribution is -2.64. The molecule has 97 heavy (non-hydrogen) atoms. The third-order valence-corrected chi connectivity index (χ3v) is 19.1. The fourth-order valence-electron chi connectivity index (χ4n) is 9.70. The van der Waals surface area contributed by atoms with E-state index in [4.69, 9.17) is 61.4 Å². The molecule has 3 heterocycles. The van der Waals surface area contributed by atoms with Gasteiger partial charge in [-0.2, -0.15) is 0 Å². The van der Waals surface area contributed by atoms with Crippen molar-refractivity contribution in [2.24, 2.45) is 0 Å². The summed E-state index contributed by atoms with van der Waals surface area (Å²) in [7, 11) is 0. The van der Waals surface area contributed by atoms with Crippen molar-refractivity contribution in [3.8, 4) is 5.75 Å². The lowest BCUT2D eigenvalue weighted by atomic mass is 9.97. The van der Waals surface area contributed by atoms with Crippen LogP contribution in [0.1, 0.15) is 47.1 Å². The number of hydrogen-bond acceptors (Lipinski definition) is 30. The summed E-state index contributed by atoms with van der Waals surface area (Å²) >= 11 is 4.32. The van der Waals surface area contributed by atoms with Crippen molar-refractivity contribution in [3.63, 3.8) is 0 Å². The van der Waals surface area contributed by atoms with Gasteiger partial charge in [0.15, 0.2) is 18.9 Å². The van der Waals surface area contributed by atoms with Crippen LogP contribution in [0, 0.1) is 0 Å². The van der Waals surface area contributed by atoms with Gasteiger partial charge in [-0.15, -0.1) is 0 Å². The highest BCUT2D eigenvalue weighted by atomic mass is 32.7. The molecule has 4 rings (SSSR count). The molecule has 38 heteroatoms. The summed E-state index contributed by atoms with van der Waals surface area (Å²) in [6.07, 6.45) is -16.1. The summed E-state index contributed by atoms with van der Waals surface area (Å²) in [5.41, 5.74) is 0.559. The summed E-state index contributed by atoms with van der Waals surface area (Å²) < 4.78 is 86.4. The quantitative estimate of drug-likeness (QED) is 0.0164. The fourth-order valence-corrected chi connectivity index (χ4v) is 10.7. The van der Waals surface area contributed by atoms with Gasteiger partial charge in [0.2, 0.25) is 35.4 Å². The van der Waals surface area contributed by atoms with Crippen LogP contribution in [0.5, 0.6) is 5.75 Å². The SMILES string of the molecule is CC(=O)NC1C(OCCOCCOCCNC(=O)CN(CC(=O)NCCOCCOCCOC2OC(CO)C(O)C(O)C2NC(C)=O)C(Cc2ccc(OP(=O)(S)C(C)(C)C)cc2)C(=O)NCCOCCOCCOC2OC(CO)C(O)C(O)C2NC(C)=O)OC(CO)C(O)C1O. The van der Waals surface area contributed by atoms with Crippen LogP contribution in [0.25, 0.3) is 0 Å². The Morgan fingerprint density at radius 3 is 1.11 bits per heavy atom. The van der Waals surface area contributed by atoms with Crippen molar-refractivity contribution in [2.45, 2.75) is 151 Å². The topological polar surface area (TPSA) is 497 Å². The van der Waals surface area contributed by atoms with Crippen molar-refractivity contribution in [1.82, 2.24) is 36.8 Å². The summed E-state index contributed by atoms with van der Waals surface area (Å²) in [5, 5.41) is 106. The number of carbonyl (C=O) groups is 6. The van der Waals surface area contributed by atoms with Crippen LogP contribution in [0.15, 0.2) is 24.3 Å². The van der Waals surface area contributed by atoms with Crippen LogP contribution >= 0.6 is 18.8 Å². The van der Waals surface area contributed by atoms with E-state index < -0.39 is 178 Å². The van der Waals surface area contributed by atoms with Gasteiger partial charge in [-0.25, -0.2) is 0 Å². The van der Waals surface area contributed by atoms with Crippen LogP contribution in [0.3, 0.4) is 0 Å². The molecule has 17 atom stereocenters. The number of aliphatic hydroxyl groups is 9. The van der Waals surface area contributed by atoms with Gasteiger partial charge in [-0.1, -0.05) is 24.4 Å². The number of rotatable bonds is 46. The van der Waals surface area contributed by atoms with E-state index in [-0.39, 0.29) is 131 Å². The second kappa shape index (κ2) is 44.7. The Morgan fingerprint density at radius 2 is 0.804 bits per heavy atom. The molecular weight excluding hydrogens is 1330 g/mol. The van der Waals surface area contributed by atoms with E-state index in [1.807, 2.05) is 0 Å². The Bertz CT molecular complexity index is 2460. The molecule has 6 amide bonds.